The summed E-state index contributed by atoms with van der Waals surface area (Å²) in [6, 6.07) is 2.11. The van der Waals surface area contributed by atoms with Crippen LogP contribution in [-0.2, 0) is 0 Å². The zero-order chi connectivity index (χ0) is 15.9. The molecular weight excluding hydrogens is 244 g/mol. The van der Waals surface area contributed by atoms with E-state index in [1.165, 1.54) is 11.3 Å². The van der Waals surface area contributed by atoms with Crippen molar-refractivity contribution >= 4 is 11.8 Å². The fourth-order valence-corrected chi connectivity index (χ4v) is 2.00. The summed E-state index contributed by atoms with van der Waals surface area (Å²) in [6.07, 6.45) is 1.79. The molecule has 20 heavy (non-hydrogen) atoms. The van der Waals surface area contributed by atoms with Gasteiger partial charge >= 0.3 is 0 Å². The van der Waals surface area contributed by atoms with Crippen molar-refractivity contribution in [3.63, 3.8) is 0 Å². The normalized spacial score (nSPS) is 11.8. The second kappa shape index (κ2) is 8.36. The molecule has 0 unspecified atom stereocenters. The van der Waals surface area contributed by atoms with Gasteiger partial charge in [0.2, 0.25) is 0 Å². The van der Waals surface area contributed by atoms with E-state index in [1.54, 1.807) is 6.21 Å². The summed E-state index contributed by atoms with van der Waals surface area (Å²) in [5.74, 6) is 0. The highest BCUT2D eigenvalue weighted by atomic mass is 14.7. The maximum Gasteiger partial charge on any atom is 0.0459 e. The first-order valence-electron chi connectivity index (χ1n) is 7.09. The van der Waals surface area contributed by atoms with Gasteiger partial charge in [0.15, 0.2) is 0 Å². The highest BCUT2D eigenvalue weighted by molar-refractivity contribution is 5.81. The van der Waals surface area contributed by atoms with Crippen LogP contribution in [0.3, 0.4) is 0 Å². The predicted octanol–water partition coefficient (Wildman–Crippen LogP) is 5.61. The number of nitrogens with zero attached hydrogens (tertiary/aromatic N) is 1. The maximum atomic E-state index is 4.34. The van der Waals surface area contributed by atoms with E-state index >= 15 is 0 Å². The van der Waals surface area contributed by atoms with Gasteiger partial charge in [0.25, 0.3) is 0 Å². The molecule has 1 rings (SSSR count). The van der Waals surface area contributed by atoms with Crippen molar-refractivity contribution in [3.05, 3.63) is 53.0 Å². The van der Waals surface area contributed by atoms with Crippen LogP contribution in [0.15, 0.2) is 41.1 Å². The third-order valence-electron chi connectivity index (χ3n) is 3.01. The Balaban J connectivity index is 0.00000172. The molecular formula is C18H28N2. The standard InChI is InChI=1S/C16H22N2.C2H6/c1-8-17-14(7)16(10(2)3)12(5)15-9-11(4)13(6)18-15;1-2/h8-9,18H,2,5H2,1,3-4,6-7H3;1-2H3/b16-14+,17-8?;. The first-order chi connectivity index (χ1) is 9.38. The Hall–Kier alpha value is -1.83. The molecule has 110 valence electrons. The Morgan fingerprint density at radius 2 is 1.75 bits per heavy atom. The van der Waals surface area contributed by atoms with Crippen LogP contribution < -0.4 is 0 Å². The summed E-state index contributed by atoms with van der Waals surface area (Å²) in [5, 5.41) is 0. The average molecular weight is 272 g/mol. The smallest absolute Gasteiger partial charge is 0.0459 e. The van der Waals surface area contributed by atoms with Gasteiger partial charge in [-0.15, -0.1) is 0 Å². The summed E-state index contributed by atoms with van der Waals surface area (Å²) in [7, 11) is 0. The van der Waals surface area contributed by atoms with Crippen LogP contribution in [0.25, 0.3) is 5.57 Å². The van der Waals surface area contributed by atoms with Gasteiger partial charge in [-0.1, -0.05) is 27.0 Å². The van der Waals surface area contributed by atoms with E-state index in [1.807, 2.05) is 34.6 Å². The third-order valence-corrected chi connectivity index (χ3v) is 3.01. The fraction of sp³-hybridized carbons (Fsp3) is 0.389. The zero-order valence-electron chi connectivity index (χ0n) is 14.0. The van der Waals surface area contributed by atoms with Gasteiger partial charge in [0.1, 0.15) is 0 Å². The lowest BCUT2D eigenvalue weighted by molar-refractivity contribution is 1.19. The van der Waals surface area contributed by atoms with Crippen LogP contribution in [0, 0.1) is 13.8 Å². The lowest BCUT2D eigenvalue weighted by Crippen LogP contribution is -1.94. The lowest BCUT2D eigenvalue weighted by atomic mass is 9.97. The topological polar surface area (TPSA) is 28.1 Å². The van der Waals surface area contributed by atoms with Crippen molar-refractivity contribution in [3.8, 4) is 0 Å². The Kier molecular flexibility index (Phi) is 7.60. The number of hydrogen-bond acceptors (Lipinski definition) is 1. The quantitative estimate of drug-likeness (QED) is 0.545. The first kappa shape index (κ1) is 18.2. The van der Waals surface area contributed by atoms with Gasteiger partial charge in [-0.2, -0.15) is 0 Å². The number of hydrogen-bond donors (Lipinski definition) is 1. The van der Waals surface area contributed by atoms with E-state index < -0.39 is 0 Å². The molecule has 0 saturated carbocycles. The van der Waals surface area contributed by atoms with Gasteiger partial charge in [0, 0.05) is 34.4 Å². The van der Waals surface area contributed by atoms with Crippen molar-refractivity contribution < 1.29 is 0 Å². The number of allylic oxidation sites excluding steroid dienone is 4. The molecule has 0 aliphatic carbocycles. The van der Waals surface area contributed by atoms with Crippen LogP contribution in [0.5, 0.6) is 0 Å². The lowest BCUT2D eigenvalue weighted by Gasteiger charge is -2.11. The number of H-pyrrole nitrogens is 1. The number of rotatable bonds is 4. The Morgan fingerprint density at radius 3 is 2.10 bits per heavy atom. The van der Waals surface area contributed by atoms with Crippen molar-refractivity contribution in [2.24, 2.45) is 4.99 Å². The summed E-state index contributed by atoms with van der Waals surface area (Å²) in [6.45, 7) is 22.2. The summed E-state index contributed by atoms with van der Waals surface area (Å²) in [4.78, 5) is 7.69. The van der Waals surface area contributed by atoms with E-state index in [2.05, 4.69) is 43.0 Å². The number of aliphatic imine (C=N–C) groups is 1. The Morgan fingerprint density at radius 1 is 1.20 bits per heavy atom. The van der Waals surface area contributed by atoms with Crippen molar-refractivity contribution in [1.82, 2.24) is 4.98 Å². The number of aromatic amines is 1. The van der Waals surface area contributed by atoms with Crippen LogP contribution in [-0.4, -0.2) is 11.2 Å². The molecule has 2 nitrogen and oxygen atoms in total. The van der Waals surface area contributed by atoms with Gasteiger partial charge < -0.3 is 4.98 Å². The van der Waals surface area contributed by atoms with Crippen LogP contribution in [0.4, 0.5) is 0 Å². The molecule has 0 radical (unpaired) electrons. The zero-order valence-corrected chi connectivity index (χ0v) is 14.0. The van der Waals surface area contributed by atoms with Crippen LogP contribution in [0.1, 0.15) is 51.6 Å². The SMILES string of the molecule is C=C(C)/C(C(=C)c1cc(C)c(C)[nH]1)=C(/C)N=CC.CC. The molecule has 0 aliphatic rings. The Labute approximate surface area is 124 Å². The maximum absolute atomic E-state index is 4.34. The van der Waals surface area contributed by atoms with Crippen molar-refractivity contribution in [1.29, 1.82) is 0 Å². The number of nitrogens with one attached hydrogen (secondary N) is 1. The van der Waals surface area contributed by atoms with E-state index in [-0.39, 0.29) is 0 Å². The molecule has 2 heteroatoms. The summed E-state index contributed by atoms with van der Waals surface area (Å²) < 4.78 is 0. The summed E-state index contributed by atoms with van der Waals surface area (Å²) >= 11 is 0. The molecule has 0 amide bonds. The van der Waals surface area contributed by atoms with E-state index in [4.69, 9.17) is 0 Å². The van der Waals surface area contributed by atoms with E-state index in [0.29, 0.717) is 0 Å². The molecule has 0 spiro atoms. The van der Waals surface area contributed by atoms with Gasteiger partial charge in [-0.25, -0.2) is 0 Å². The van der Waals surface area contributed by atoms with Gasteiger partial charge in [0.05, 0.1) is 0 Å². The molecule has 1 aromatic heterocycles. The molecule has 0 bridgehead atoms. The van der Waals surface area contributed by atoms with Crippen LogP contribution >= 0.6 is 0 Å². The monoisotopic (exact) mass is 272 g/mol. The fourth-order valence-electron chi connectivity index (χ4n) is 2.00. The molecule has 0 atom stereocenters. The van der Waals surface area contributed by atoms with Crippen LogP contribution in [0.2, 0.25) is 0 Å². The first-order valence-corrected chi connectivity index (χ1v) is 7.09. The number of aryl methyl sites for hydroxylation is 2. The molecule has 0 fully saturated rings. The number of aromatic nitrogens is 1. The summed E-state index contributed by atoms with van der Waals surface area (Å²) in [5.41, 5.74) is 7.34. The molecule has 0 aromatic carbocycles. The minimum Gasteiger partial charge on any atom is -0.358 e. The molecule has 0 saturated heterocycles. The van der Waals surface area contributed by atoms with E-state index in [9.17, 15) is 0 Å². The molecule has 1 heterocycles. The van der Waals surface area contributed by atoms with Gasteiger partial charge in [-0.3, -0.25) is 4.99 Å². The predicted molar refractivity (Wildman–Crippen MR) is 92.3 cm³/mol. The highest BCUT2D eigenvalue weighted by Crippen LogP contribution is 2.29. The molecule has 0 aliphatic heterocycles. The highest BCUT2D eigenvalue weighted by Gasteiger charge is 2.12. The average Bonchev–Trinajstić information content (AvgIpc) is 2.72. The van der Waals surface area contributed by atoms with Crippen molar-refractivity contribution in [2.45, 2.75) is 48.5 Å². The Bertz CT molecular complexity index is 520. The third kappa shape index (κ3) is 4.37. The second-order valence-corrected chi connectivity index (χ2v) is 4.60. The molecule has 1 N–H and O–H groups in total. The largest absolute Gasteiger partial charge is 0.358 e. The van der Waals surface area contributed by atoms with Gasteiger partial charge in [-0.05, 0) is 51.8 Å². The van der Waals surface area contributed by atoms with Crippen molar-refractivity contribution in [2.75, 3.05) is 0 Å². The minimum absolute atomic E-state index is 0.944. The minimum atomic E-state index is 0.944. The molecule has 1 aromatic rings. The van der Waals surface area contributed by atoms with E-state index in [0.717, 1.165) is 28.1 Å². The second-order valence-electron chi connectivity index (χ2n) is 4.60.